The van der Waals surface area contributed by atoms with Gasteiger partial charge in [-0.25, -0.2) is 0 Å². The molecule has 0 saturated heterocycles. The number of unbranched alkanes of at least 4 members (excludes halogenated alkanes) is 1. The summed E-state index contributed by atoms with van der Waals surface area (Å²) in [5.41, 5.74) is 8.33. The van der Waals surface area contributed by atoms with Gasteiger partial charge < -0.3 is 15.0 Å². The molecule has 0 aliphatic carbocycles. The summed E-state index contributed by atoms with van der Waals surface area (Å²) in [6.45, 7) is 5.48. The molecule has 0 amide bonds. The number of para-hydroxylation sites is 1. The number of aryl methyl sites for hydroxylation is 1. The quantitative estimate of drug-likeness (QED) is 0.712. The monoisotopic (exact) mass is 274 g/mol. The van der Waals surface area contributed by atoms with Crippen LogP contribution in [0.5, 0.6) is 0 Å². The Morgan fingerprint density at radius 2 is 2.00 bits per heavy atom. The number of hydrogen-bond acceptors (Lipinski definition) is 2. The SMILES string of the molecule is CCCOCCn1cc(CCCCN)c2ccccc21. The van der Waals surface area contributed by atoms with Crippen molar-refractivity contribution in [1.82, 2.24) is 4.57 Å². The Kier molecular flexibility index (Phi) is 6.09. The van der Waals surface area contributed by atoms with Gasteiger partial charge in [-0.15, -0.1) is 0 Å². The van der Waals surface area contributed by atoms with Crippen LogP contribution >= 0.6 is 0 Å². The lowest BCUT2D eigenvalue weighted by molar-refractivity contribution is 0.127. The van der Waals surface area contributed by atoms with Gasteiger partial charge in [0, 0.05) is 30.3 Å². The smallest absolute Gasteiger partial charge is 0.0645 e. The van der Waals surface area contributed by atoms with Crippen molar-refractivity contribution in [1.29, 1.82) is 0 Å². The molecule has 1 aromatic heterocycles. The Bertz CT molecular complexity index is 519. The van der Waals surface area contributed by atoms with Crippen molar-refractivity contribution >= 4 is 10.9 Å². The van der Waals surface area contributed by atoms with Crippen molar-refractivity contribution in [3.63, 3.8) is 0 Å². The van der Waals surface area contributed by atoms with E-state index in [1.165, 1.54) is 16.5 Å². The predicted octanol–water partition coefficient (Wildman–Crippen LogP) is 3.35. The fourth-order valence-electron chi connectivity index (χ4n) is 2.58. The highest BCUT2D eigenvalue weighted by molar-refractivity contribution is 5.83. The second-order valence-corrected chi connectivity index (χ2v) is 5.22. The van der Waals surface area contributed by atoms with Gasteiger partial charge in [0.2, 0.25) is 0 Å². The number of ether oxygens (including phenoxy) is 1. The number of nitrogens with two attached hydrogens (primary N) is 1. The average molecular weight is 274 g/mol. The second kappa shape index (κ2) is 8.08. The summed E-state index contributed by atoms with van der Waals surface area (Å²) in [7, 11) is 0. The predicted molar refractivity (Wildman–Crippen MR) is 85.0 cm³/mol. The lowest BCUT2D eigenvalue weighted by atomic mass is 10.1. The zero-order chi connectivity index (χ0) is 14.2. The van der Waals surface area contributed by atoms with Crippen LogP contribution in [0.1, 0.15) is 31.7 Å². The van der Waals surface area contributed by atoms with Crippen molar-refractivity contribution in [2.24, 2.45) is 5.73 Å². The maximum atomic E-state index is 5.61. The standard InChI is InChI=1S/C17H26N2O/c1-2-12-20-13-11-19-14-15(7-5-6-10-18)16-8-3-4-9-17(16)19/h3-4,8-9,14H,2,5-7,10-13,18H2,1H3. The highest BCUT2D eigenvalue weighted by Gasteiger charge is 2.07. The Morgan fingerprint density at radius 1 is 1.15 bits per heavy atom. The molecule has 0 spiro atoms. The van der Waals surface area contributed by atoms with E-state index in [9.17, 15) is 0 Å². The Hall–Kier alpha value is -1.32. The molecule has 0 aliphatic rings. The summed E-state index contributed by atoms with van der Waals surface area (Å²) in [4.78, 5) is 0. The third-order valence-electron chi connectivity index (χ3n) is 3.60. The zero-order valence-corrected chi connectivity index (χ0v) is 12.5. The van der Waals surface area contributed by atoms with Gasteiger partial charge in [0.1, 0.15) is 0 Å². The summed E-state index contributed by atoms with van der Waals surface area (Å²) in [6, 6.07) is 8.64. The molecule has 0 radical (unpaired) electrons. The van der Waals surface area contributed by atoms with E-state index >= 15 is 0 Å². The van der Waals surface area contributed by atoms with Gasteiger partial charge >= 0.3 is 0 Å². The molecule has 0 fully saturated rings. The van der Waals surface area contributed by atoms with Crippen molar-refractivity contribution in [3.8, 4) is 0 Å². The molecular formula is C17H26N2O. The molecule has 2 N–H and O–H groups in total. The van der Waals surface area contributed by atoms with Gasteiger partial charge in [-0.05, 0) is 43.9 Å². The topological polar surface area (TPSA) is 40.2 Å². The maximum Gasteiger partial charge on any atom is 0.0645 e. The Balaban J connectivity index is 2.09. The molecule has 3 heteroatoms. The van der Waals surface area contributed by atoms with Crippen LogP contribution in [-0.4, -0.2) is 24.3 Å². The van der Waals surface area contributed by atoms with Gasteiger partial charge in [-0.3, -0.25) is 0 Å². The molecule has 1 heterocycles. The molecule has 3 nitrogen and oxygen atoms in total. The molecule has 0 atom stereocenters. The summed E-state index contributed by atoms with van der Waals surface area (Å²) in [5.74, 6) is 0. The molecule has 1 aromatic carbocycles. The van der Waals surface area contributed by atoms with Gasteiger partial charge in [0.05, 0.1) is 6.61 Å². The van der Waals surface area contributed by atoms with Crippen molar-refractivity contribution in [3.05, 3.63) is 36.0 Å². The van der Waals surface area contributed by atoms with Crippen LogP contribution < -0.4 is 5.73 Å². The van der Waals surface area contributed by atoms with Crippen molar-refractivity contribution in [2.45, 2.75) is 39.2 Å². The minimum absolute atomic E-state index is 0.781. The van der Waals surface area contributed by atoms with Crippen LogP contribution in [0.3, 0.4) is 0 Å². The van der Waals surface area contributed by atoms with E-state index in [1.807, 2.05) is 0 Å². The second-order valence-electron chi connectivity index (χ2n) is 5.22. The van der Waals surface area contributed by atoms with E-state index in [1.54, 1.807) is 0 Å². The number of benzene rings is 1. The van der Waals surface area contributed by atoms with Crippen molar-refractivity contribution < 1.29 is 4.74 Å². The minimum Gasteiger partial charge on any atom is -0.380 e. The van der Waals surface area contributed by atoms with E-state index in [4.69, 9.17) is 10.5 Å². The molecule has 0 aliphatic heterocycles. The maximum absolute atomic E-state index is 5.61. The average Bonchev–Trinajstić information content (AvgIpc) is 2.83. The fraction of sp³-hybridized carbons (Fsp3) is 0.529. The van der Waals surface area contributed by atoms with Crippen LogP contribution in [0.4, 0.5) is 0 Å². The third kappa shape index (κ3) is 3.84. The van der Waals surface area contributed by atoms with Crippen LogP contribution in [0.15, 0.2) is 30.5 Å². The summed E-state index contributed by atoms with van der Waals surface area (Å²) < 4.78 is 7.93. The van der Waals surface area contributed by atoms with E-state index in [0.717, 1.165) is 52.0 Å². The van der Waals surface area contributed by atoms with Gasteiger partial charge in [-0.2, -0.15) is 0 Å². The molecule has 110 valence electrons. The van der Waals surface area contributed by atoms with E-state index < -0.39 is 0 Å². The molecular weight excluding hydrogens is 248 g/mol. The number of hydrogen-bond donors (Lipinski definition) is 1. The Labute approximate surface area is 121 Å². The Morgan fingerprint density at radius 3 is 2.80 bits per heavy atom. The highest BCUT2D eigenvalue weighted by atomic mass is 16.5. The minimum atomic E-state index is 0.781. The zero-order valence-electron chi connectivity index (χ0n) is 12.5. The van der Waals surface area contributed by atoms with Crippen molar-refractivity contribution in [2.75, 3.05) is 19.8 Å². The van der Waals surface area contributed by atoms with Crippen LogP contribution in [0.2, 0.25) is 0 Å². The van der Waals surface area contributed by atoms with Crippen LogP contribution in [0, 0.1) is 0 Å². The first-order valence-electron chi connectivity index (χ1n) is 7.71. The molecule has 0 unspecified atom stereocenters. The van der Waals surface area contributed by atoms with E-state index in [-0.39, 0.29) is 0 Å². The number of rotatable bonds is 9. The number of aromatic nitrogens is 1. The first-order valence-corrected chi connectivity index (χ1v) is 7.71. The van der Waals surface area contributed by atoms with Gasteiger partial charge in [-0.1, -0.05) is 25.1 Å². The molecule has 2 rings (SSSR count). The first-order chi connectivity index (χ1) is 9.86. The molecule has 0 saturated carbocycles. The fourth-order valence-corrected chi connectivity index (χ4v) is 2.58. The summed E-state index contributed by atoms with van der Waals surface area (Å²) in [6.07, 6.45) is 6.74. The lowest BCUT2D eigenvalue weighted by Gasteiger charge is -2.05. The van der Waals surface area contributed by atoms with E-state index in [2.05, 4.69) is 42.0 Å². The largest absolute Gasteiger partial charge is 0.380 e. The highest BCUT2D eigenvalue weighted by Crippen LogP contribution is 2.22. The van der Waals surface area contributed by atoms with Crippen LogP contribution in [0.25, 0.3) is 10.9 Å². The molecule has 0 bridgehead atoms. The van der Waals surface area contributed by atoms with Crippen LogP contribution in [-0.2, 0) is 17.7 Å². The summed E-state index contributed by atoms with van der Waals surface area (Å²) >= 11 is 0. The van der Waals surface area contributed by atoms with Gasteiger partial charge in [0.15, 0.2) is 0 Å². The first kappa shape index (κ1) is 15.1. The number of nitrogens with zero attached hydrogens (tertiary/aromatic N) is 1. The van der Waals surface area contributed by atoms with Gasteiger partial charge in [0.25, 0.3) is 0 Å². The lowest BCUT2D eigenvalue weighted by Crippen LogP contribution is -2.05. The van der Waals surface area contributed by atoms with E-state index in [0.29, 0.717) is 0 Å². The normalized spacial score (nSPS) is 11.3. The summed E-state index contributed by atoms with van der Waals surface area (Å²) in [5, 5.41) is 1.38. The molecule has 20 heavy (non-hydrogen) atoms. The number of fused-ring (bicyclic) bond motifs is 1. The molecule has 2 aromatic rings. The third-order valence-corrected chi connectivity index (χ3v) is 3.60.